The Bertz CT molecular complexity index is 480. The van der Waals surface area contributed by atoms with Gasteiger partial charge in [0, 0.05) is 24.4 Å². The van der Waals surface area contributed by atoms with Crippen LogP contribution in [0.4, 0.5) is 5.82 Å². The van der Waals surface area contributed by atoms with Crippen molar-refractivity contribution in [3.8, 4) is 0 Å². The number of aliphatic carboxylic acids is 1. The third kappa shape index (κ3) is 4.06. The van der Waals surface area contributed by atoms with Crippen LogP contribution in [0.25, 0.3) is 6.08 Å². The van der Waals surface area contributed by atoms with Crippen molar-refractivity contribution in [2.75, 3.05) is 18.8 Å². The summed E-state index contributed by atoms with van der Waals surface area (Å²) >= 11 is 0. The van der Waals surface area contributed by atoms with Crippen molar-refractivity contribution in [2.45, 2.75) is 25.8 Å². The first kappa shape index (κ1) is 13.5. The smallest absolute Gasteiger partial charge is 0.328 e. The molecule has 1 aliphatic rings. The average Bonchev–Trinajstić information content (AvgIpc) is 2.41. The van der Waals surface area contributed by atoms with Crippen LogP contribution in [0.2, 0.25) is 0 Å². The van der Waals surface area contributed by atoms with Crippen molar-refractivity contribution >= 4 is 17.9 Å². The molecule has 3 N–H and O–H groups in total. The molecule has 1 aromatic rings. The van der Waals surface area contributed by atoms with E-state index in [9.17, 15) is 4.79 Å². The SMILES string of the molecule is Nc1ncc(/C=C/C(=O)O)cc1CN1CCCCC1. The minimum absolute atomic E-state index is 0.526. The van der Waals surface area contributed by atoms with Crippen LogP contribution in [0, 0.1) is 0 Å². The van der Waals surface area contributed by atoms with Gasteiger partial charge >= 0.3 is 5.97 Å². The fourth-order valence-corrected chi connectivity index (χ4v) is 2.28. The predicted octanol–water partition coefficient (Wildman–Crippen LogP) is 1.75. The highest BCUT2D eigenvalue weighted by molar-refractivity contribution is 5.85. The van der Waals surface area contributed by atoms with Crippen LogP contribution in [-0.2, 0) is 11.3 Å². The van der Waals surface area contributed by atoms with E-state index < -0.39 is 5.97 Å². The third-order valence-corrected chi connectivity index (χ3v) is 3.28. The predicted molar refractivity (Wildman–Crippen MR) is 74.4 cm³/mol. The molecule has 0 saturated carbocycles. The molecule has 0 spiro atoms. The maximum atomic E-state index is 10.5. The molecule has 1 aliphatic heterocycles. The van der Waals surface area contributed by atoms with E-state index in [-0.39, 0.29) is 0 Å². The zero-order valence-corrected chi connectivity index (χ0v) is 10.9. The van der Waals surface area contributed by atoms with Gasteiger partial charge in [-0.2, -0.15) is 0 Å². The van der Waals surface area contributed by atoms with Crippen molar-refractivity contribution in [1.29, 1.82) is 0 Å². The molecule has 19 heavy (non-hydrogen) atoms. The molecule has 0 atom stereocenters. The zero-order chi connectivity index (χ0) is 13.7. The number of hydrogen-bond acceptors (Lipinski definition) is 4. The number of pyridine rings is 1. The maximum Gasteiger partial charge on any atom is 0.328 e. The lowest BCUT2D eigenvalue weighted by molar-refractivity contribution is -0.131. The van der Waals surface area contributed by atoms with Crippen molar-refractivity contribution < 1.29 is 9.90 Å². The molecule has 0 radical (unpaired) electrons. The minimum Gasteiger partial charge on any atom is -0.478 e. The van der Waals surface area contributed by atoms with E-state index in [0.717, 1.165) is 36.8 Å². The van der Waals surface area contributed by atoms with Crippen molar-refractivity contribution in [1.82, 2.24) is 9.88 Å². The molecular formula is C14H19N3O2. The topological polar surface area (TPSA) is 79.4 Å². The van der Waals surface area contributed by atoms with E-state index in [1.54, 1.807) is 6.20 Å². The Labute approximate surface area is 112 Å². The standard InChI is InChI=1S/C14H19N3O2/c15-14-12(10-17-6-2-1-3-7-17)8-11(9-16-14)4-5-13(18)19/h4-5,8-9H,1-3,6-7,10H2,(H2,15,16)(H,18,19)/b5-4+. The van der Waals surface area contributed by atoms with Gasteiger partial charge in [0.1, 0.15) is 5.82 Å². The van der Waals surface area contributed by atoms with Gasteiger partial charge in [-0.15, -0.1) is 0 Å². The second kappa shape index (κ2) is 6.33. The lowest BCUT2D eigenvalue weighted by atomic mass is 10.1. The van der Waals surface area contributed by atoms with Crippen molar-refractivity contribution in [3.63, 3.8) is 0 Å². The van der Waals surface area contributed by atoms with Crippen LogP contribution in [0.5, 0.6) is 0 Å². The number of carboxylic acid groups (broad SMARTS) is 1. The fraction of sp³-hybridized carbons (Fsp3) is 0.429. The summed E-state index contributed by atoms with van der Waals surface area (Å²) in [5.74, 6) is -0.438. The number of nitrogens with zero attached hydrogens (tertiary/aromatic N) is 2. The molecule has 2 heterocycles. The number of nitrogen functional groups attached to an aromatic ring is 1. The number of hydrogen-bond donors (Lipinski definition) is 2. The molecule has 1 fully saturated rings. The van der Waals surface area contributed by atoms with Gasteiger partial charge in [0.25, 0.3) is 0 Å². The maximum absolute atomic E-state index is 10.5. The quantitative estimate of drug-likeness (QED) is 0.807. The van der Waals surface area contributed by atoms with E-state index >= 15 is 0 Å². The highest BCUT2D eigenvalue weighted by atomic mass is 16.4. The fourth-order valence-electron chi connectivity index (χ4n) is 2.28. The van der Waals surface area contributed by atoms with Gasteiger partial charge in [-0.05, 0) is 43.6 Å². The number of nitrogens with two attached hydrogens (primary N) is 1. The largest absolute Gasteiger partial charge is 0.478 e. The summed E-state index contributed by atoms with van der Waals surface area (Å²) in [6.07, 6.45) is 7.99. The molecular weight excluding hydrogens is 242 g/mol. The highest BCUT2D eigenvalue weighted by Gasteiger charge is 2.12. The summed E-state index contributed by atoms with van der Waals surface area (Å²) in [5, 5.41) is 8.62. The lowest BCUT2D eigenvalue weighted by Gasteiger charge is -2.26. The van der Waals surface area contributed by atoms with Gasteiger partial charge in [-0.25, -0.2) is 9.78 Å². The average molecular weight is 261 g/mol. The van der Waals surface area contributed by atoms with E-state index in [0.29, 0.717) is 5.82 Å². The summed E-state index contributed by atoms with van der Waals surface area (Å²) in [5.41, 5.74) is 7.62. The van der Waals surface area contributed by atoms with Gasteiger partial charge in [0.15, 0.2) is 0 Å². The summed E-state index contributed by atoms with van der Waals surface area (Å²) < 4.78 is 0. The lowest BCUT2D eigenvalue weighted by Crippen LogP contribution is -2.29. The van der Waals surface area contributed by atoms with E-state index in [1.807, 2.05) is 6.07 Å². The van der Waals surface area contributed by atoms with E-state index in [4.69, 9.17) is 10.8 Å². The van der Waals surface area contributed by atoms with Gasteiger partial charge in [0.2, 0.25) is 0 Å². The van der Waals surface area contributed by atoms with Gasteiger partial charge in [-0.3, -0.25) is 4.90 Å². The summed E-state index contributed by atoms with van der Waals surface area (Å²) in [7, 11) is 0. The summed E-state index contributed by atoms with van der Waals surface area (Å²) in [6.45, 7) is 2.97. The van der Waals surface area contributed by atoms with Crippen molar-refractivity contribution in [3.05, 3.63) is 29.5 Å². The molecule has 5 heteroatoms. The third-order valence-electron chi connectivity index (χ3n) is 3.28. The first-order valence-corrected chi connectivity index (χ1v) is 6.53. The second-order valence-corrected chi connectivity index (χ2v) is 4.82. The van der Waals surface area contributed by atoms with Crippen LogP contribution in [0.3, 0.4) is 0 Å². The molecule has 1 saturated heterocycles. The van der Waals surface area contributed by atoms with Gasteiger partial charge < -0.3 is 10.8 Å². The number of carbonyl (C=O) groups is 1. The number of rotatable bonds is 4. The molecule has 0 amide bonds. The molecule has 0 aliphatic carbocycles. The Balaban J connectivity index is 2.10. The second-order valence-electron chi connectivity index (χ2n) is 4.82. The first-order valence-electron chi connectivity index (χ1n) is 6.53. The van der Waals surface area contributed by atoms with Gasteiger partial charge in [0.05, 0.1) is 0 Å². The normalized spacial score (nSPS) is 16.8. The molecule has 102 valence electrons. The summed E-state index contributed by atoms with van der Waals surface area (Å²) in [4.78, 5) is 17.0. The zero-order valence-electron chi connectivity index (χ0n) is 10.9. The van der Waals surface area contributed by atoms with Crippen LogP contribution in [0.1, 0.15) is 30.4 Å². The molecule has 0 unspecified atom stereocenters. The monoisotopic (exact) mass is 261 g/mol. The molecule has 0 bridgehead atoms. The molecule has 0 aromatic carbocycles. The molecule has 1 aromatic heterocycles. The van der Waals surface area contributed by atoms with Crippen molar-refractivity contribution in [2.24, 2.45) is 0 Å². The number of piperidine rings is 1. The highest BCUT2D eigenvalue weighted by Crippen LogP contribution is 2.17. The Kier molecular flexibility index (Phi) is 4.52. The Morgan fingerprint density at radius 2 is 2.16 bits per heavy atom. The Morgan fingerprint density at radius 1 is 1.42 bits per heavy atom. The summed E-state index contributed by atoms with van der Waals surface area (Å²) in [6, 6.07) is 1.91. The number of aromatic nitrogens is 1. The number of carboxylic acids is 1. The molecule has 2 rings (SSSR count). The van der Waals surface area contributed by atoms with Crippen LogP contribution in [0.15, 0.2) is 18.3 Å². The number of likely N-dealkylation sites (tertiary alicyclic amines) is 1. The Hall–Kier alpha value is -1.88. The van der Waals surface area contributed by atoms with Crippen LogP contribution < -0.4 is 5.73 Å². The van der Waals surface area contributed by atoms with Crippen LogP contribution in [-0.4, -0.2) is 34.0 Å². The number of anilines is 1. The van der Waals surface area contributed by atoms with Gasteiger partial charge in [-0.1, -0.05) is 6.42 Å². The van der Waals surface area contributed by atoms with E-state index in [2.05, 4.69) is 9.88 Å². The molecule has 5 nitrogen and oxygen atoms in total. The van der Waals surface area contributed by atoms with Crippen LogP contribution >= 0.6 is 0 Å². The Morgan fingerprint density at radius 3 is 2.84 bits per heavy atom. The first-order chi connectivity index (χ1) is 9.15. The van der Waals surface area contributed by atoms with E-state index in [1.165, 1.54) is 25.3 Å². The minimum atomic E-state index is -0.964.